The lowest BCUT2D eigenvalue weighted by Gasteiger charge is -2.24. The summed E-state index contributed by atoms with van der Waals surface area (Å²) >= 11 is 0. The molecular weight excluding hydrogens is 356 g/mol. The number of carbonyl (C=O) groups excluding carboxylic acids is 1. The van der Waals surface area contributed by atoms with Crippen molar-refractivity contribution < 1.29 is 28.2 Å². The summed E-state index contributed by atoms with van der Waals surface area (Å²) in [5, 5.41) is 13.0. The molecule has 27 heavy (non-hydrogen) atoms. The van der Waals surface area contributed by atoms with E-state index in [-0.39, 0.29) is 24.4 Å². The SMILES string of the molecule is COc1cccc(CCC(=O)NCC(C)(O)c2ccc(F)cc2F)c1OC. The zero-order valence-corrected chi connectivity index (χ0v) is 15.5. The van der Waals surface area contributed by atoms with Gasteiger partial charge in [0.25, 0.3) is 0 Å². The van der Waals surface area contributed by atoms with Crippen LogP contribution in [0.4, 0.5) is 8.78 Å². The Morgan fingerprint density at radius 1 is 1.19 bits per heavy atom. The maximum atomic E-state index is 13.9. The molecule has 0 saturated carbocycles. The summed E-state index contributed by atoms with van der Waals surface area (Å²) in [4.78, 5) is 12.1. The van der Waals surface area contributed by atoms with E-state index < -0.39 is 17.2 Å². The van der Waals surface area contributed by atoms with Gasteiger partial charge in [-0.25, -0.2) is 8.78 Å². The highest BCUT2D eigenvalue weighted by molar-refractivity contribution is 5.76. The number of amides is 1. The molecule has 0 aliphatic carbocycles. The normalized spacial score (nSPS) is 13.0. The summed E-state index contributed by atoms with van der Waals surface area (Å²) < 4.78 is 37.4. The number of para-hydroxylation sites is 1. The quantitative estimate of drug-likeness (QED) is 0.740. The van der Waals surface area contributed by atoms with Crippen molar-refractivity contribution in [3.63, 3.8) is 0 Å². The van der Waals surface area contributed by atoms with Gasteiger partial charge >= 0.3 is 0 Å². The molecule has 0 bridgehead atoms. The summed E-state index contributed by atoms with van der Waals surface area (Å²) in [6, 6.07) is 8.31. The largest absolute Gasteiger partial charge is 0.493 e. The summed E-state index contributed by atoms with van der Waals surface area (Å²) in [5.74, 6) is -0.778. The molecule has 2 aromatic rings. The molecule has 7 heteroatoms. The number of methoxy groups -OCH3 is 2. The molecule has 0 fully saturated rings. The molecule has 1 unspecified atom stereocenters. The maximum Gasteiger partial charge on any atom is 0.220 e. The second kappa shape index (κ2) is 8.81. The van der Waals surface area contributed by atoms with Crippen LogP contribution in [-0.2, 0) is 16.8 Å². The van der Waals surface area contributed by atoms with Crippen LogP contribution in [0.3, 0.4) is 0 Å². The van der Waals surface area contributed by atoms with Gasteiger partial charge in [-0.15, -0.1) is 0 Å². The van der Waals surface area contributed by atoms with Crippen molar-refractivity contribution in [2.45, 2.75) is 25.4 Å². The van der Waals surface area contributed by atoms with Crippen molar-refractivity contribution in [1.29, 1.82) is 0 Å². The zero-order chi connectivity index (χ0) is 20.0. The van der Waals surface area contributed by atoms with Crippen molar-refractivity contribution in [1.82, 2.24) is 5.32 Å². The van der Waals surface area contributed by atoms with Crippen molar-refractivity contribution in [3.05, 3.63) is 59.2 Å². The van der Waals surface area contributed by atoms with E-state index in [2.05, 4.69) is 5.32 Å². The predicted octanol–water partition coefficient (Wildman–Crippen LogP) is 2.94. The minimum atomic E-state index is -1.67. The molecule has 2 aromatic carbocycles. The Morgan fingerprint density at radius 3 is 2.56 bits per heavy atom. The third-order valence-electron chi connectivity index (χ3n) is 4.25. The molecule has 0 saturated heterocycles. The van der Waals surface area contributed by atoms with E-state index in [1.54, 1.807) is 12.1 Å². The van der Waals surface area contributed by atoms with Gasteiger partial charge in [0.15, 0.2) is 11.5 Å². The molecule has 1 atom stereocenters. The van der Waals surface area contributed by atoms with Gasteiger partial charge in [-0.3, -0.25) is 4.79 Å². The topological polar surface area (TPSA) is 67.8 Å². The van der Waals surface area contributed by atoms with Crippen LogP contribution in [0.2, 0.25) is 0 Å². The molecule has 0 aliphatic heterocycles. The second-order valence-electron chi connectivity index (χ2n) is 6.33. The Bertz CT molecular complexity index is 809. The average molecular weight is 379 g/mol. The minimum Gasteiger partial charge on any atom is -0.493 e. The summed E-state index contributed by atoms with van der Waals surface area (Å²) in [6.45, 7) is 1.15. The number of hydrogen-bond acceptors (Lipinski definition) is 4. The first-order valence-corrected chi connectivity index (χ1v) is 8.43. The number of halogens is 2. The average Bonchev–Trinajstić information content (AvgIpc) is 2.63. The van der Waals surface area contributed by atoms with Gasteiger partial charge in [0.1, 0.15) is 17.2 Å². The van der Waals surface area contributed by atoms with Gasteiger partial charge in [0, 0.05) is 18.1 Å². The Labute approximate surface area is 156 Å². The molecule has 0 aliphatic rings. The van der Waals surface area contributed by atoms with E-state index in [1.165, 1.54) is 21.1 Å². The molecule has 0 spiro atoms. The molecule has 0 heterocycles. The lowest BCUT2D eigenvalue weighted by atomic mass is 9.95. The number of ether oxygens (including phenoxy) is 2. The fourth-order valence-electron chi connectivity index (χ4n) is 2.78. The van der Waals surface area contributed by atoms with E-state index in [1.807, 2.05) is 6.07 Å². The van der Waals surface area contributed by atoms with Crippen LogP contribution < -0.4 is 14.8 Å². The predicted molar refractivity (Wildman–Crippen MR) is 96.8 cm³/mol. The van der Waals surface area contributed by atoms with Gasteiger partial charge in [0.2, 0.25) is 5.91 Å². The van der Waals surface area contributed by atoms with E-state index in [0.717, 1.165) is 17.7 Å². The lowest BCUT2D eigenvalue weighted by molar-refractivity contribution is -0.122. The Balaban J connectivity index is 1.96. The Morgan fingerprint density at radius 2 is 1.93 bits per heavy atom. The molecule has 2 N–H and O–H groups in total. The van der Waals surface area contributed by atoms with Crippen molar-refractivity contribution >= 4 is 5.91 Å². The molecule has 1 amide bonds. The van der Waals surface area contributed by atoms with Crippen LogP contribution in [0.15, 0.2) is 36.4 Å². The lowest BCUT2D eigenvalue weighted by Crippen LogP contribution is -2.39. The second-order valence-corrected chi connectivity index (χ2v) is 6.33. The fourth-order valence-corrected chi connectivity index (χ4v) is 2.78. The van der Waals surface area contributed by atoms with Crippen molar-refractivity contribution in [3.8, 4) is 11.5 Å². The number of hydrogen-bond donors (Lipinski definition) is 2. The molecule has 0 aromatic heterocycles. The molecule has 0 radical (unpaired) electrons. The molecule has 2 rings (SSSR count). The maximum absolute atomic E-state index is 13.9. The standard InChI is InChI=1S/C20H23F2NO4/c1-20(25,15-9-8-14(21)11-16(15)22)12-23-18(24)10-7-13-5-4-6-17(26-2)19(13)27-3/h4-6,8-9,11,25H,7,10,12H2,1-3H3,(H,23,24). The van der Waals surface area contributed by atoms with Crippen molar-refractivity contribution in [2.75, 3.05) is 20.8 Å². The van der Waals surface area contributed by atoms with E-state index in [0.29, 0.717) is 24.0 Å². The summed E-state index contributed by atoms with van der Waals surface area (Å²) in [7, 11) is 3.06. The number of aliphatic hydroxyl groups is 1. The molecule has 146 valence electrons. The third kappa shape index (κ3) is 5.17. The fraction of sp³-hybridized carbons (Fsp3) is 0.350. The first-order chi connectivity index (χ1) is 12.8. The molecule has 5 nitrogen and oxygen atoms in total. The van der Waals surface area contributed by atoms with Crippen LogP contribution >= 0.6 is 0 Å². The first kappa shape index (κ1) is 20.6. The monoisotopic (exact) mass is 379 g/mol. The van der Waals surface area contributed by atoms with Gasteiger partial charge < -0.3 is 19.9 Å². The van der Waals surface area contributed by atoms with Gasteiger partial charge in [-0.05, 0) is 31.0 Å². The number of rotatable bonds is 8. The zero-order valence-electron chi connectivity index (χ0n) is 15.5. The van der Waals surface area contributed by atoms with Gasteiger partial charge in [-0.2, -0.15) is 0 Å². The summed E-state index contributed by atoms with van der Waals surface area (Å²) in [5.41, 5.74) is -0.941. The number of benzene rings is 2. The van der Waals surface area contributed by atoms with Crippen LogP contribution in [0, 0.1) is 11.6 Å². The number of nitrogens with one attached hydrogen (secondary N) is 1. The highest BCUT2D eigenvalue weighted by Gasteiger charge is 2.27. The minimum absolute atomic E-state index is 0.0846. The van der Waals surface area contributed by atoms with Crippen molar-refractivity contribution in [2.24, 2.45) is 0 Å². The highest BCUT2D eigenvalue weighted by atomic mass is 19.1. The van der Waals surface area contributed by atoms with Crippen LogP contribution in [0.25, 0.3) is 0 Å². The van der Waals surface area contributed by atoms with Gasteiger partial charge in [-0.1, -0.05) is 18.2 Å². The van der Waals surface area contributed by atoms with Crippen LogP contribution in [0.5, 0.6) is 11.5 Å². The highest BCUT2D eigenvalue weighted by Crippen LogP contribution is 2.31. The summed E-state index contributed by atoms with van der Waals surface area (Å²) in [6.07, 6.45) is 0.546. The van der Waals surface area contributed by atoms with Crippen LogP contribution in [0.1, 0.15) is 24.5 Å². The number of carbonyl (C=O) groups is 1. The van der Waals surface area contributed by atoms with E-state index in [4.69, 9.17) is 9.47 Å². The first-order valence-electron chi connectivity index (χ1n) is 8.43. The van der Waals surface area contributed by atoms with Crippen LogP contribution in [-0.4, -0.2) is 31.8 Å². The third-order valence-corrected chi connectivity index (χ3v) is 4.25. The molecular formula is C20H23F2NO4. The van der Waals surface area contributed by atoms with Gasteiger partial charge in [0.05, 0.1) is 20.8 Å². The number of aryl methyl sites for hydroxylation is 1. The van der Waals surface area contributed by atoms with E-state index >= 15 is 0 Å². The van der Waals surface area contributed by atoms with E-state index in [9.17, 15) is 18.7 Å². The Hall–Kier alpha value is -2.67. The smallest absolute Gasteiger partial charge is 0.220 e. The Kier molecular flexibility index (Phi) is 6.74.